The molecular formula is C15H24BrNO. The smallest absolute Gasteiger partial charge is 0.226 e. The molecule has 1 amide bonds. The number of hydrogen-bond acceptors (Lipinski definition) is 1. The number of amides is 1. The van der Waals surface area contributed by atoms with Gasteiger partial charge in [0, 0.05) is 24.3 Å². The highest BCUT2D eigenvalue weighted by Crippen LogP contribution is 2.56. The summed E-state index contributed by atoms with van der Waals surface area (Å²) in [5, 5.41) is 0.878. The van der Waals surface area contributed by atoms with E-state index in [1.807, 2.05) is 11.9 Å². The second kappa shape index (κ2) is 4.81. The lowest BCUT2D eigenvalue weighted by Gasteiger charge is -2.54. The average molecular weight is 314 g/mol. The van der Waals surface area contributed by atoms with Gasteiger partial charge in [-0.1, -0.05) is 15.9 Å². The van der Waals surface area contributed by atoms with E-state index in [2.05, 4.69) is 22.9 Å². The molecule has 0 aromatic heterocycles. The van der Waals surface area contributed by atoms with Crippen molar-refractivity contribution in [3.8, 4) is 0 Å². The van der Waals surface area contributed by atoms with Crippen LogP contribution in [0.25, 0.3) is 0 Å². The van der Waals surface area contributed by atoms with Crippen LogP contribution in [-0.2, 0) is 4.79 Å². The van der Waals surface area contributed by atoms with Gasteiger partial charge in [0.05, 0.1) is 0 Å². The van der Waals surface area contributed by atoms with Crippen molar-refractivity contribution in [2.45, 2.75) is 45.1 Å². The van der Waals surface area contributed by atoms with Crippen molar-refractivity contribution >= 4 is 21.8 Å². The van der Waals surface area contributed by atoms with Gasteiger partial charge in [-0.15, -0.1) is 0 Å². The molecule has 4 saturated carbocycles. The molecule has 0 aromatic rings. The summed E-state index contributed by atoms with van der Waals surface area (Å²) in [6, 6.07) is 0.315. The lowest BCUT2D eigenvalue weighted by molar-refractivity contribution is -0.149. The lowest BCUT2D eigenvalue weighted by Crippen LogP contribution is -2.52. The summed E-state index contributed by atoms with van der Waals surface area (Å²) in [4.78, 5) is 14.7. The first-order valence-electron chi connectivity index (χ1n) is 7.42. The minimum atomic E-state index is 0.315. The standard InChI is InChI=1S/C15H24BrNO/c1-9(8-16)17(2)15(18)14-12-4-10-3-11(6-12)7-13(14)5-10/h9-14H,3-8H2,1-2H3. The van der Waals surface area contributed by atoms with Crippen LogP contribution in [0, 0.1) is 29.6 Å². The highest BCUT2D eigenvalue weighted by Gasteiger charge is 2.51. The van der Waals surface area contributed by atoms with Crippen molar-refractivity contribution in [1.82, 2.24) is 4.90 Å². The molecule has 0 spiro atoms. The van der Waals surface area contributed by atoms with Crippen molar-refractivity contribution in [2.24, 2.45) is 29.6 Å². The van der Waals surface area contributed by atoms with Gasteiger partial charge in [0.15, 0.2) is 0 Å². The molecule has 1 atom stereocenters. The summed E-state index contributed by atoms with van der Waals surface area (Å²) in [5.74, 6) is 4.10. The van der Waals surface area contributed by atoms with Crippen LogP contribution < -0.4 is 0 Å². The molecule has 0 N–H and O–H groups in total. The molecule has 18 heavy (non-hydrogen) atoms. The highest BCUT2D eigenvalue weighted by molar-refractivity contribution is 9.09. The Kier molecular flexibility index (Phi) is 3.46. The molecular weight excluding hydrogens is 290 g/mol. The SMILES string of the molecule is CC(CBr)N(C)C(=O)C1C2CC3CC(C2)CC1C3. The van der Waals surface area contributed by atoms with Gasteiger partial charge < -0.3 is 4.90 Å². The van der Waals surface area contributed by atoms with E-state index in [-0.39, 0.29) is 0 Å². The zero-order valence-electron chi connectivity index (χ0n) is 11.4. The van der Waals surface area contributed by atoms with Crippen LogP contribution in [0.1, 0.15) is 39.0 Å². The monoisotopic (exact) mass is 313 g/mol. The van der Waals surface area contributed by atoms with E-state index >= 15 is 0 Å². The number of carbonyl (C=O) groups excluding carboxylic acids is 1. The molecule has 102 valence electrons. The predicted octanol–water partition coefficient (Wildman–Crippen LogP) is 3.30. The second-order valence-electron chi connectivity index (χ2n) is 6.91. The molecule has 0 saturated heterocycles. The van der Waals surface area contributed by atoms with Gasteiger partial charge in [-0.25, -0.2) is 0 Å². The Balaban J connectivity index is 1.74. The highest BCUT2D eigenvalue weighted by atomic mass is 79.9. The molecule has 2 nitrogen and oxygen atoms in total. The third-order valence-corrected chi connectivity index (χ3v) is 6.68. The topological polar surface area (TPSA) is 20.3 Å². The Bertz CT molecular complexity index is 315. The summed E-state index contributed by atoms with van der Waals surface area (Å²) in [5.41, 5.74) is 0. The summed E-state index contributed by atoms with van der Waals surface area (Å²) in [6.45, 7) is 2.13. The fourth-order valence-electron chi connectivity index (χ4n) is 4.88. The van der Waals surface area contributed by atoms with E-state index in [4.69, 9.17) is 0 Å². The Morgan fingerprint density at radius 2 is 1.67 bits per heavy atom. The van der Waals surface area contributed by atoms with Gasteiger partial charge in [-0.2, -0.15) is 0 Å². The van der Waals surface area contributed by atoms with Gasteiger partial charge >= 0.3 is 0 Å². The van der Waals surface area contributed by atoms with E-state index in [0.717, 1.165) is 17.2 Å². The molecule has 4 fully saturated rings. The Labute approximate surface area is 119 Å². The van der Waals surface area contributed by atoms with Gasteiger partial charge in [-0.05, 0) is 62.7 Å². The fraction of sp³-hybridized carbons (Fsp3) is 0.933. The zero-order valence-corrected chi connectivity index (χ0v) is 13.0. The lowest BCUT2D eigenvalue weighted by atomic mass is 9.51. The Hall–Kier alpha value is -0.0500. The van der Waals surface area contributed by atoms with Crippen molar-refractivity contribution in [1.29, 1.82) is 0 Å². The first-order valence-corrected chi connectivity index (χ1v) is 8.55. The van der Waals surface area contributed by atoms with E-state index in [1.165, 1.54) is 32.1 Å². The fourth-order valence-corrected chi connectivity index (χ4v) is 5.32. The minimum Gasteiger partial charge on any atom is -0.342 e. The second-order valence-corrected chi connectivity index (χ2v) is 7.56. The maximum absolute atomic E-state index is 12.7. The molecule has 0 radical (unpaired) electrons. The van der Waals surface area contributed by atoms with Crippen LogP contribution in [0.3, 0.4) is 0 Å². The van der Waals surface area contributed by atoms with Gasteiger partial charge in [-0.3, -0.25) is 4.79 Å². The molecule has 4 aliphatic carbocycles. The number of alkyl halides is 1. The van der Waals surface area contributed by atoms with Crippen molar-refractivity contribution in [3.05, 3.63) is 0 Å². The molecule has 4 bridgehead atoms. The third-order valence-electron chi connectivity index (χ3n) is 5.74. The number of nitrogens with zero attached hydrogens (tertiary/aromatic N) is 1. The Morgan fingerprint density at radius 1 is 1.17 bits per heavy atom. The molecule has 1 unspecified atom stereocenters. The van der Waals surface area contributed by atoms with E-state index in [9.17, 15) is 4.79 Å². The maximum atomic E-state index is 12.7. The molecule has 4 aliphatic rings. The molecule has 0 heterocycles. The van der Waals surface area contributed by atoms with Crippen LogP contribution in [0.15, 0.2) is 0 Å². The average Bonchev–Trinajstić information content (AvgIpc) is 2.35. The summed E-state index contributed by atoms with van der Waals surface area (Å²) >= 11 is 3.49. The minimum absolute atomic E-state index is 0.315. The van der Waals surface area contributed by atoms with Crippen molar-refractivity contribution in [2.75, 3.05) is 12.4 Å². The van der Waals surface area contributed by atoms with Gasteiger partial charge in [0.1, 0.15) is 0 Å². The number of halogens is 1. The first-order chi connectivity index (χ1) is 8.60. The molecule has 0 aromatic carbocycles. The van der Waals surface area contributed by atoms with Crippen LogP contribution in [0.4, 0.5) is 0 Å². The number of carbonyl (C=O) groups is 1. The zero-order chi connectivity index (χ0) is 12.9. The molecule has 0 aliphatic heterocycles. The quantitative estimate of drug-likeness (QED) is 0.732. The maximum Gasteiger partial charge on any atom is 0.226 e. The summed E-state index contributed by atoms with van der Waals surface area (Å²) < 4.78 is 0. The summed E-state index contributed by atoms with van der Waals surface area (Å²) in [7, 11) is 1.99. The normalized spacial score (nSPS) is 42.9. The van der Waals surface area contributed by atoms with E-state index in [0.29, 0.717) is 29.7 Å². The van der Waals surface area contributed by atoms with E-state index in [1.54, 1.807) is 0 Å². The van der Waals surface area contributed by atoms with Crippen molar-refractivity contribution < 1.29 is 4.79 Å². The van der Waals surface area contributed by atoms with Gasteiger partial charge in [0.2, 0.25) is 5.91 Å². The Morgan fingerprint density at radius 3 is 2.11 bits per heavy atom. The predicted molar refractivity (Wildman–Crippen MR) is 76.6 cm³/mol. The number of hydrogen-bond donors (Lipinski definition) is 0. The van der Waals surface area contributed by atoms with Crippen LogP contribution >= 0.6 is 15.9 Å². The first kappa shape index (κ1) is 13.0. The largest absolute Gasteiger partial charge is 0.342 e. The van der Waals surface area contributed by atoms with Crippen LogP contribution in [0.5, 0.6) is 0 Å². The van der Waals surface area contributed by atoms with Crippen molar-refractivity contribution in [3.63, 3.8) is 0 Å². The molecule has 3 heteroatoms. The van der Waals surface area contributed by atoms with Gasteiger partial charge in [0.25, 0.3) is 0 Å². The molecule has 4 rings (SSSR count). The van der Waals surface area contributed by atoms with E-state index < -0.39 is 0 Å². The summed E-state index contributed by atoms with van der Waals surface area (Å²) in [6.07, 6.45) is 6.79. The number of rotatable bonds is 3. The van der Waals surface area contributed by atoms with Crippen LogP contribution in [0.2, 0.25) is 0 Å². The third kappa shape index (κ3) is 2.03. The van der Waals surface area contributed by atoms with Crippen LogP contribution in [-0.4, -0.2) is 29.2 Å².